The second-order valence-electron chi connectivity index (χ2n) is 6.87. The van der Waals surface area contributed by atoms with Crippen molar-refractivity contribution in [3.8, 4) is 0 Å². The molecule has 0 aliphatic rings. The Morgan fingerprint density at radius 1 is 1.07 bits per heavy atom. The van der Waals surface area contributed by atoms with Crippen LogP contribution in [0.15, 0.2) is 34.3 Å². The predicted molar refractivity (Wildman–Crippen MR) is 120 cm³/mol. The zero-order valence-corrected chi connectivity index (χ0v) is 19.9. The minimum atomic E-state index is -3.47. The van der Waals surface area contributed by atoms with Crippen molar-refractivity contribution in [2.45, 2.75) is 57.1 Å². The third kappa shape index (κ3) is 6.02. The lowest BCUT2D eigenvalue weighted by Gasteiger charge is -2.18. The zero-order valence-electron chi connectivity index (χ0n) is 18.2. The molecule has 0 aliphatic heterocycles. The quantitative estimate of drug-likeness (QED) is 0.442. The normalized spacial score (nSPS) is 11.7. The van der Waals surface area contributed by atoms with E-state index >= 15 is 0 Å². The lowest BCUT2D eigenvalue weighted by atomic mass is 10.1. The molecule has 0 saturated carbocycles. The summed E-state index contributed by atoms with van der Waals surface area (Å²) < 4.78 is 26.5. The van der Waals surface area contributed by atoms with Crippen molar-refractivity contribution in [2.24, 2.45) is 0 Å². The first-order chi connectivity index (χ1) is 14.2. The molecule has 0 radical (unpaired) electrons. The Bertz CT molecular complexity index is 949. The van der Waals surface area contributed by atoms with Crippen LogP contribution in [0.2, 0.25) is 0 Å². The Balaban J connectivity index is 1.93. The maximum atomic E-state index is 12.5. The molecule has 1 aromatic heterocycles. The van der Waals surface area contributed by atoms with Crippen molar-refractivity contribution < 1.29 is 13.2 Å². The lowest BCUT2D eigenvalue weighted by molar-refractivity contribution is -0.121. The van der Waals surface area contributed by atoms with Crippen LogP contribution in [0.25, 0.3) is 0 Å². The van der Waals surface area contributed by atoms with Crippen LogP contribution in [0.5, 0.6) is 0 Å². The second-order valence-corrected chi connectivity index (χ2v) is 9.58. The molecule has 1 N–H and O–H groups in total. The van der Waals surface area contributed by atoms with Crippen molar-refractivity contribution in [3.05, 3.63) is 46.8 Å². The molecule has 0 aliphatic carbocycles. The number of amides is 1. The van der Waals surface area contributed by atoms with Crippen LogP contribution in [0.1, 0.15) is 42.8 Å². The highest BCUT2D eigenvalue weighted by atomic mass is 32.2. The molecule has 0 saturated heterocycles. The summed E-state index contributed by atoms with van der Waals surface area (Å²) in [6, 6.07) is 6.65. The Hall–Kier alpha value is -1.97. The van der Waals surface area contributed by atoms with E-state index in [4.69, 9.17) is 0 Å². The minimum Gasteiger partial charge on any atom is -0.352 e. The van der Waals surface area contributed by atoms with Crippen LogP contribution in [0, 0.1) is 13.8 Å². The number of carbonyl (C=O) groups excluding carboxylic acids is 1. The number of nitrogens with one attached hydrogen (secondary N) is 1. The maximum Gasteiger partial charge on any atom is 0.243 e. The molecular weight excluding hydrogens is 420 g/mol. The van der Waals surface area contributed by atoms with Crippen molar-refractivity contribution in [1.82, 2.24) is 19.6 Å². The van der Waals surface area contributed by atoms with E-state index in [1.54, 1.807) is 24.3 Å². The number of aryl methyl sites for hydroxylation is 2. The maximum absolute atomic E-state index is 12.5. The predicted octanol–water partition coefficient (Wildman–Crippen LogP) is 3.09. The largest absolute Gasteiger partial charge is 0.352 e. The molecule has 0 fully saturated rings. The van der Waals surface area contributed by atoms with E-state index in [1.165, 1.54) is 16.1 Å². The van der Waals surface area contributed by atoms with Gasteiger partial charge in [-0.25, -0.2) is 18.4 Å². The van der Waals surface area contributed by atoms with Crippen LogP contribution < -0.4 is 5.32 Å². The standard InChI is InChI=1S/C21H30N4O3S2/c1-6-25(7-2)30(27,28)18-10-8-17(9-11-18)14-22-20(26)13-12-19-15(3)23-21(29-5)24-16(19)4/h8-11H,6-7,12-14H2,1-5H3,(H,22,26). The fourth-order valence-corrected chi connectivity index (χ4v) is 5.10. The summed E-state index contributed by atoms with van der Waals surface area (Å²) in [5.74, 6) is -0.0671. The Labute approximate surface area is 183 Å². The number of benzene rings is 1. The highest BCUT2D eigenvalue weighted by molar-refractivity contribution is 7.98. The molecule has 0 spiro atoms. The summed E-state index contributed by atoms with van der Waals surface area (Å²) in [4.78, 5) is 21.4. The number of hydrogen-bond acceptors (Lipinski definition) is 6. The van der Waals surface area contributed by atoms with Gasteiger partial charge in [0.25, 0.3) is 0 Å². The smallest absolute Gasteiger partial charge is 0.243 e. The average Bonchev–Trinajstić information content (AvgIpc) is 2.72. The van der Waals surface area contributed by atoms with Crippen molar-refractivity contribution in [2.75, 3.05) is 19.3 Å². The molecule has 164 valence electrons. The SMILES string of the molecule is CCN(CC)S(=O)(=O)c1ccc(CNC(=O)CCc2c(C)nc(SC)nc2C)cc1. The van der Waals surface area contributed by atoms with Gasteiger partial charge in [0, 0.05) is 37.4 Å². The zero-order chi connectivity index (χ0) is 22.3. The number of sulfonamides is 1. The number of hydrogen-bond donors (Lipinski definition) is 1. The van der Waals surface area contributed by atoms with Crippen LogP contribution >= 0.6 is 11.8 Å². The summed E-state index contributed by atoms with van der Waals surface area (Å²) in [6.45, 7) is 8.73. The summed E-state index contributed by atoms with van der Waals surface area (Å²) in [6.07, 6.45) is 2.87. The Morgan fingerprint density at radius 2 is 1.63 bits per heavy atom. The molecule has 1 aromatic carbocycles. The van der Waals surface area contributed by atoms with Gasteiger partial charge in [-0.15, -0.1) is 0 Å². The van der Waals surface area contributed by atoms with E-state index in [9.17, 15) is 13.2 Å². The third-order valence-corrected chi connectivity index (χ3v) is 7.55. The first-order valence-electron chi connectivity index (χ1n) is 9.96. The van der Waals surface area contributed by atoms with E-state index in [0.717, 1.165) is 27.7 Å². The molecule has 0 unspecified atom stereocenters. The Kier molecular flexibility index (Phi) is 8.81. The number of aromatic nitrogens is 2. The molecule has 0 atom stereocenters. The summed E-state index contributed by atoms with van der Waals surface area (Å²) >= 11 is 1.50. The lowest BCUT2D eigenvalue weighted by Crippen LogP contribution is -2.30. The second kappa shape index (κ2) is 10.9. The van der Waals surface area contributed by atoms with Crippen LogP contribution in [-0.4, -0.2) is 47.9 Å². The molecular formula is C21H30N4O3S2. The van der Waals surface area contributed by atoms with Gasteiger partial charge in [-0.3, -0.25) is 4.79 Å². The number of carbonyl (C=O) groups is 1. The summed E-state index contributed by atoms with van der Waals surface area (Å²) in [5.41, 5.74) is 3.67. The van der Waals surface area contributed by atoms with E-state index in [2.05, 4.69) is 15.3 Å². The molecule has 1 amide bonds. The first kappa shape index (κ1) is 24.3. The fraction of sp³-hybridized carbons (Fsp3) is 0.476. The van der Waals surface area contributed by atoms with Crippen LogP contribution in [0.3, 0.4) is 0 Å². The highest BCUT2D eigenvalue weighted by Crippen LogP contribution is 2.18. The minimum absolute atomic E-state index is 0.0671. The molecule has 2 rings (SSSR count). The number of rotatable bonds is 10. The molecule has 2 aromatic rings. The van der Waals surface area contributed by atoms with Gasteiger partial charge in [0.15, 0.2) is 5.16 Å². The van der Waals surface area contributed by atoms with E-state index in [1.807, 2.05) is 34.0 Å². The van der Waals surface area contributed by atoms with Gasteiger partial charge in [-0.1, -0.05) is 37.7 Å². The van der Waals surface area contributed by atoms with Crippen LogP contribution in [0.4, 0.5) is 0 Å². The monoisotopic (exact) mass is 450 g/mol. The first-order valence-corrected chi connectivity index (χ1v) is 12.6. The van der Waals surface area contributed by atoms with Gasteiger partial charge < -0.3 is 5.32 Å². The number of nitrogens with zero attached hydrogens (tertiary/aromatic N) is 3. The van der Waals surface area contributed by atoms with Gasteiger partial charge in [-0.2, -0.15) is 4.31 Å². The molecule has 9 heteroatoms. The highest BCUT2D eigenvalue weighted by Gasteiger charge is 2.21. The van der Waals surface area contributed by atoms with Gasteiger partial charge in [-0.05, 0) is 49.8 Å². The summed E-state index contributed by atoms with van der Waals surface area (Å²) in [7, 11) is -3.47. The van der Waals surface area contributed by atoms with Gasteiger partial charge in [0.1, 0.15) is 0 Å². The molecule has 7 nitrogen and oxygen atoms in total. The number of thioether (sulfide) groups is 1. The molecule has 0 bridgehead atoms. The van der Waals surface area contributed by atoms with Crippen molar-refractivity contribution in [1.29, 1.82) is 0 Å². The van der Waals surface area contributed by atoms with Gasteiger partial charge in [0.05, 0.1) is 4.90 Å². The molecule has 30 heavy (non-hydrogen) atoms. The van der Waals surface area contributed by atoms with Crippen LogP contribution in [-0.2, 0) is 27.8 Å². The van der Waals surface area contributed by atoms with Gasteiger partial charge >= 0.3 is 0 Å². The van der Waals surface area contributed by atoms with E-state index in [0.29, 0.717) is 32.5 Å². The van der Waals surface area contributed by atoms with E-state index < -0.39 is 10.0 Å². The third-order valence-electron chi connectivity index (χ3n) is 4.94. The van der Waals surface area contributed by atoms with E-state index in [-0.39, 0.29) is 10.8 Å². The topological polar surface area (TPSA) is 92.3 Å². The fourth-order valence-electron chi connectivity index (χ4n) is 3.18. The summed E-state index contributed by atoms with van der Waals surface area (Å²) in [5, 5.41) is 3.63. The average molecular weight is 451 g/mol. The van der Waals surface area contributed by atoms with Gasteiger partial charge in [0.2, 0.25) is 15.9 Å². The van der Waals surface area contributed by atoms with Crippen molar-refractivity contribution >= 4 is 27.7 Å². The Morgan fingerprint density at radius 3 is 2.13 bits per heavy atom. The van der Waals surface area contributed by atoms with Crippen molar-refractivity contribution in [3.63, 3.8) is 0 Å². The molecule has 1 heterocycles.